The maximum absolute atomic E-state index is 12.2. The van der Waals surface area contributed by atoms with Crippen LogP contribution in [-0.4, -0.2) is 12.8 Å². The summed E-state index contributed by atoms with van der Waals surface area (Å²) >= 11 is 0. The third kappa shape index (κ3) is 4.31. The van der Waals surface area contributed by atoms with Crippen LogP contribution >= 0.6 is 0 Å². The molecule has 0 aliphatic carbocycles. The van der Waals surface area contributed by atoms with Gasteiger partial charge in [0.15, 0.2) is 0 Å². The van der Waals surface area contributed by atoms with Crippen molar-refractivity contribution < 1.29 is 18.0 Å². The molecule has 1 rings (SSSR count). The largest absolute Gasteiger partial charge is 0.393 e. The highest BCUT2D eigenvalue weighted by atomic mass is 19.4. The fraction of sp³-hybridized carbons (Fsp3) is 0.400. The molecule has 0 atom stereocenters. The van der Waals surface area contributed by atoms with Gasteiger partial charge in [-0.25, -0.2) is 5.90 Å². The Kier molecular flexibility index (Phi) is 4.11. The molecule has 0 aromatic heterocycles. The van der Waals surface area contributed by atoms with Gasteiger partial charge in [-0.15, -0.1) is 0 Å². The first-order valence-electron chi connectivity index (χ1n) is 4.48. The van der Waals surface area contributed by atoms with E-state index in [0.29, 0.717) is 12.0 Å². The second kappa shape index (κ2) is 5.14. The quantitative estimate of drug-likeness (QED) is 0.788. The summed E-state index contributed by atoms with van der Waals surface area (Å²) in [5.41, 5.74) is 0.905. The van der Waals surface area contributed by atoms with Crippen LogP contribution in [0.1, 0.15) is 11.1 Å². The Morgan fingerprint density at radius 1 is 1.13 bits per heavy atom. The molecule has 0 spiro atoms. The zero-order valence-corrected chi connectivity index (χ0v) is 8.05. The SMILES string of the molecule is NOCCc1ccccc1CC(F)(F)F. The van der Waals surface area contributed by atoms with Gasteiger partial charge in [-0.1, -0.05) is 24.3 Å². The van der Waals surface area contributed by atoms with Crippen molar-refractivity contribution in [1.29, 1.82) is 0 Å². The van der Waals surface area contributed by atoms with Crippen molar-refractivity contribution in [2.45, 2.75) is 19.0 Å². The molecule has 0 unspecified atom stereocenters. The summed E-state index contributed by atoms with van der Waals surface area (Å²) in [6.45, 7) is 0.217. The van der Waals surface area contributed by atoms with E-state index >= 15 is 0 Å². The topological polar surface area (TPSA) is 35.2 Å². The summed E-state index contributed by atoms with van der Waals surface area (Å²) in [4.78, 5) is 4.35. The fourth-order valence-corrected chi connectivity index (χ4v) is 1.36. The number of alkyl halides is 3. The number of nitrogens with two attached hydrogens (primary N) is 1. The monoisotopic (exact) mass is 219 g/mol. The lowest BCUT2D eigenvalue weighted by Gasteiger charge is -2.11. The standard InChI is InChI=1S/C10H12F3NO/c11-10(12,13)7-9-4-2-1-3-8(9)5-6-15-14/h1-4H,5-7,14H2. The first-order chi connectivity index (χ1) is 7.03. The van der Waals surface area contributed by atoms with Gasteiger partial charge in [0.1, 0.15) is 0 Å². The van der Waals surface area contributed by atoms with E-state index in [4.69, 9.17) is 5.90 Å². The third-order valence-corrected chi connectivity index (χ3v) is 2.00. The van der Waals surface area contributed by atoms with Crippen molar-refractivity contribution >= 4 is 0 Å². The van der Waals surface area contributed by atoms with Crippen LogP contribution < -0.4 is 5.90 Å². The van der Waals surface area contributed by atoms with Crippen LogP contribution in [0.15, 0.2) is 24.3 Å². The predicted octanol–water partition coefficient (Wildman–Crippen LogP) is 2.22. The molecule has 15 heavy (non-hydrogen) atoms. The molecule has 1 aromatic rings. The maximum Gasteiger partial charge on any atom is 0.393 e. The first kappa shape index (κ1) is 12.0. The van der Waals surface area contributed by atoms with Crippen molar-refractivity contribution in [3.05, 3.63) is 35.4 Å². The van der Waals surface area contributed by atoms with Crippen molar-refractivity contribution in [1.82, 2.24) is 0 Å². The van der Waals surface area contributed by atoms with Crippen LogP contribution in [-0.2, 0) is 17.7 Å². The highest BCUT2D eigenvalue weighted by Crippen LogP contribution is 2.23. The maximum atomic E-state index is 12.2. The number of halogens is 3. The Bertz CT molecular complexity index is 312. The van der Waals surface area contributed by atoms with E-state index in [9.17, 15) is 13.2 Å². The van der Waals surface area contributed by atoms with Crippen molar-refractivity contribution in [3.8, 4) is 0 Å². The minimum Gasteiger partial charge on any atom is -0.304 e. The summed E-state index contributed by atoms with van der Waals surface area (Å²) in [6, 6.07) is 6.42. The molecule has 0 amide bonds. The number of benzene rings is 1. The average Bonchev–Trinajstić information content (AvgIpc) is 2.14. The van der Waals surface area contributed by atoms with Gasteiger partial charge in [-0.2, -0.15) is 13.2 Å². The smallest absolute Gasteiger partial charge is 0.304 e. The Labute approximate surface area is 85.8 Å². The van der Waals surface area contributed by atoms with Crippen molar-refractivity contribution in [2.24, 2.45) is 5.90 Å². The molecular weight excluding hydrogens is 207 g/mol. The van der Waals surface area contributed by atoms with Gasteiger partial charge in [-0.05, 0) is 17.5 Å². The molecule has 84 valence electrons. The molecule has 1 aromatic carbocycles. The van der Waals surface area contributed by atoms with Crippen LogP contribution in [0.3, 0.4) is 0 Å². The minimum absolute atomic E-state index is 0.217. The number of hydrogen-bond donors (Lipinski definition) is 1. The zero-order valence-electron chi connectivity index (χ0n) is 8.05. The molecule has 0 aliphatic rings. The lowest BCUT2D eigenvalue weighted by Crippen LogP contribution is -2.14. The van der Waals surface area contributed by atoms with E-state index < -0.39 is 12.6 Å². The average molecular weight is 219 g/mol. The highest BCUT2D eigenvalue weighted by Gasteiger charge is 2.28. The molecule has 0 saturated carbocycles. The summed E-state index contributed by atoms with van der Waals surface area (Å²) < 4.78 is 36.6. The van der Waals surface area contributed by atoms with Gasteiger partial charge in [0, 0.05) is 0 Å². The minimum atomic E-state index is -4.18. The van der Waals surface area contributed by atoms with Crippen molar-refractivity contribution in [3.63, 3.8) is 0 Å². The summed E-state index contributed by atoms with van der Waals surface area (Å²) in [5.74, 6) is 4.83. The molecular formula is C10H12F3NO. The molecule has 0 bridgehead atoms. The second-order valence-corrected chi connectivity index (χ2v) is 3.18. The predicted molar refractivity (Wildman–Crippen MR) is 50.0 cm³/mol. The highest BCUT2D eigenvalue weighted by molar-refractivity contribution is 5.28. The van der Waals surface area contributed by atoms with Gasteiger partial charge in [0.25, 0.3) is 0 Å². The molecule has 2 nitrogen and oxygen atoms in total. The van der Waals surface area contributed by atoms with Crippen LogP contribution in [0.4, 0.5) is 13.2 Å². The molecule has 0 fully saturated rings. The van der Waals surface area contributed by atoms with E-state index in [0.717, 1.165) is 0 Å². The lowest BCUT2D eigenvalue weighted by atomic mass is 10.0. The van der Waals surface area contributed by atoms with Crippen LogP contribution in [0.2, 0.25) is 0 Å². The molecule has 5 heteroatoms. The van der Waals surface area contributed by atoms with Gasteiger partial charge in [0.05, 0.1) is 13.0 Å². The fourth-order valence-electron chi connectivity index (χ4n) is 1.36. The number of rotatable bonds is 4. The summed E-state index contributed by atoms with van der Waals surface area (Å²) in [6.07, 6.45) is -4.70. The van der Waals surface area contributed by atoms with Crippen LogP contribution in [0.5, 0.6) is 0 Å². The first-order valence-corrected chi connectivity index (χ1v) is 4.48. The second-order valence-electron chi connectivity index (χ2n) is 3.18. The Hall–Kier alpha value is -1.07. The summed E-state index contributed by atoms with van der Waals surface area (Å²) in [7, 11) is 0. The zero-order chi connectivity index (χ0) is 11.3. The van der Waals surface area contributed by atoms with Crippen LogP contribution in [0.25, 0.3) is 0 Å². The van der Waals surface area contributed by atoms with Gasteiger partial charge in [-0.3, -0.25) is 0 Å². The van der Waals surface area contributed by atoms with E-state index in [1.807, 2.05) is 0 Å². The molecule has 0 heterocycles. The number of hydrogen-bond acceptors (Lipinski definition) is 2. The molecule has 0 saturated heterocycles. The van der Waals surface area contributed by atoms with E-state index in [1.54, 1.807) is 18.2 Å². The third-order valence-electron chi connectivity index (χ3n) is 2.00. The normalized spacial score (nSPS) is 11.7. The Morgan fingerprint density at radius 2 is 1.73 bits per heavy atom. The molecule has 2 N–H and O–H groups in total. The van der Waals surface area contributed by atoms with Gasteiger partial charge < -0.3 is 4.84 Å². The van der Waals surface area contributed by atoms with Crippen molar-refractivity contribution in [2.75, 3.05) is 6.61 Å². The Morgan fingerprint density at radius 3 is 2.27 bits per heavy atom. The van der Waals surface area contributed by atoms with E-state index in [-0.39, 0.29) is 12.2 Å². The van der Waals surface area contributed by atoms with E-state index in [1.165, 1.54) is 6.07 Å². The lowest BCUT2D eigenvalue weighted by molar-refractivity contribution is -0.127. The summed E-state index contributed by atoms with van der Waals surface area (Å²) in [5, 5.41) is 0. The van der Waals surface area contributed by atoms with Gasteiger partial charge in [0.2, 0.25) is 0 Å². The molecule has 0 radical (unpaired) electrons. The van der Waals surface area contributed by atoms with E-state index in [2.05, 4.69) is 4.84 Å². The Balaban J connectivity index is 2.77. The van der Waals surface area contributed by atoms with Gasteiger partial charge >= 0.3 is 6.18 Å². The molecule has 0 aliphatic heterocycles. The van der Waals surface area contributed by atoms with Crippen LogP contribution in [0, 0.1) is 0 Å².